The molecule has 0 unspecified atom stereocenters. The van der Waals surface area contributed by atoms with Crippen LogP contribution in [0.4, 0.5) is 0 Å². The topological polar surface area (TPSA) is 116 Å². The van der Waals surface area contributed by atoms with Crippen molar-refractivity contribution < 1.29 is 24.4 Å². The Morgan fingerprint density at radius 2 is 2.05 bits per heavy atom. The average molecular weight is 312 g/mol. The van der Waals surface area contributed by atoms with Gasteiger partial charge in [0, 0.05) is 5.56 Å². The Morgan fingerprint density at radius 3 is 2.67 bits per heavy atom. The number of nitrogens with zero attached hydrogens (tertiary/aromatic N) is 1. The molecule has 1 aromatic heterocycles. The minimum absolute atomic E-state index is 0.114. The van der Waals surface area contributed by atoms with Crippen LogP contribution in [0.15, 0.2) is 28.8 Å². The highest BCUT2D eigenvalue weighted by Crippen LogP contribution is 2.30. The number of nitrogens with one attached hydrogen (secondary N) is 1. The lowest BCUT2D eigenvalue weighted by Crippen LogP contribution is -2.48. The molecule has 1 aromatic carbocycles. The first-order chi connectivity index (χ1) is 9.79. The predicted octanol–water partition coefficient (Wildman–Crippen LogP) is 0.488. The molecule has 0 atom stereocenters. The van der Waals surface area contributed by atoms with E-state index in [0.717, 1.165) is 0 Å². The minimum Gasteiger partial charge on any atom is -0.559 e. The summed E-state index contributed by atoms with van der Waals surface area (Å²) in [6, 6.07) is 6.79. The van der Waals surface area contributed by atoms with Crippen molar-refractivity contribution in [2.75, 3.05) is 6.44 Å². The number of halogens is 1. The number of hydrogen-bond acceptors (Lipinski definition) is 6. The summed E-state index contributed by atoms with van der Waals surface area (Å²) >= 11 is 6.06. The Balaban J connectivity index is 2.35. The smallest absolute Gasteiger partial charge is 0.390 e. The highest BCUT2D eigenvalue weighted by atomic mass is 35.5. The van der Waals surface area contributed by atoms with Crippen LogP contribution in [-0.4, -0.2) is 39.3 Å². The number of aromatic nitrogens is 1. The Hall–Kier alpha value is -1.87. The van der Waals surface area contributed by atoms with Gasteiger partial charge in [0.05, 0.1) is 5.02 Å². The highest BCUT2D eigenvalue weighted by molar-refractivity contribution is 6.56. The summed E-state index contributed by atoms with van der Waals surface area (Å²) in [5, 5.41) is 33.0. The molecule has 0 bridgehead atoms. The monoisotopic (exact) mass is 311 g/mol. The van der Waals surface area contributed by atoms with Gasteiger partial charge in [0.25, 0.3) is 5.91 Å². The fourth-order valence-electron chi connectivity index (χ4n) is 1.79. The van der Waals surface area contributed by atoms with Crippen LogP contribution in [0.2, 0.25) is 5.02 Å². The zero-order valence-corrected chi connectivity index (χ0v) is 11.8. The van der Waals surface area contributed by atoms with Crippen molar-refractivity contribution >= 4 is 24.3 Å². The molecule has 112 valence electrons. The molecular weight excluding hydrogens is 298 g/mol. The van der Waals surface area contributed by atoms with Gasteiger partial charge in [0.2, 0.25) is 0 Å². The van der Waals surface area contributed by atoms with E-state index < -0.39 is 19.1 Å². The lowest BCUT2D eigenvalue weighted by Gasteiger charge is -2.20. The molecule has 1 heterocycles. The lowest BCUT2D eigenvalue weighted by atomic mass is 9.81. The Kier molecular flexibility index (Phi) is 4.33. The summed E-state index contributed by atoms with van der Waals surface area (Å²) in [6.45, 7) is -2.07. The number of rotatable bonds is 4. The number of amides is 1. The first-order valence-electron chi connectivity index (χ1n) is 6.12. The van der Waals surface area contributed by atoms with Crippen molar-refractivity contribution in [3.63, 3.8) is 0 Å². The fourth-order valence-corrected chi connectivity index (χ4v) is 2.02. The summed E-state index contributed by atoms with van der Waals surface area (Å²) < 4.78 is 5.01. The Labute approximate surface area is 125 Å². The maximum Gasteiger partial charge on any atom is 0.390 e. The Morgan fingerprint density at radius 1 is 1.38 bits per heavy atom. The van der Waals surface area contributed by atoms with Gasteiger partial charge in [-0.1, -0.05) is 35.0 Å². The molecule has 0 saturated heterocycles. The van der Waals surface area contributed by atoms with Crippen molar-refractivity contribution in [1.82, 2.24) is 10.5 Å². The van der Waals surface area contributed by atoms with Crippen LogP contribution in [0.1, 0.15) is 16.1 Å². The third-order valence-corrected chi connectivity index (χ3v) is 3.08. The molecular formula is C12H13BClN2O5-. The third kappa shape index (κ3) is 3.62. The predicted molar refractivity (Wildman–Crippen MR) is 76.4 cm³/mol. The van der Waals surface area contributed by atoms with Crippen molar-refractivity contribution in [3.8, 4) is 11.3 Å². The molecule has 7 nitrogen and oxygen atoms in total. The van der Waals surface area contributed by atoms with Crippen LogP contribution in [0, 0.1) is 6.92 Å². The summed E-state index contributed by atoms with van der Waals surface area (Å²) in [6.07, 6.45) is -0.703. The SMILES string of the molecule is Cc1onc(-c2ccccc2Cl)c1C(=O)NC[B-](O)(O)O. The largest absolute Gasteiger partial charge is 0.559 e. The molecule has 0 aliphatic heterocycles. The van der Waals surface area contributed by atoms with Crippen LogP contribution >= 0.6 is 11.6 Å². The van der Waals surface area contributed by atoms with E-state index in [9.17, 15) is 4.79 Å². The van der Waals surface area contributed by atoms with Gasteiger partial charge in [-0.05, 0) is 19.4 Å². The average Bonchev–Trinajstić information content (AvgIpc) is 2.77. The van der Waals surface area contributed by atoms with Crippen molar-refractivity contribution in [2.24, 2.45) is 0 Å². The van der Waals surface area contributed by atoms with Gasteiger partial charge in [-0.3, -0.25) is 4.79 Å². The second-order valence-corrected chi connectivity index (χ2v) is 4.95. The molecule has 0 spiro atoms. The molecule has 0 aliphatic carbocycles. The molecule has 0 aliphatic rings. The van der Waals surface area contributed by atoms with Gasteiger partial charge >= 0.3 is 6.75 Å². The number of hydrogen-bond donors (Lipinski definition) is 4. The molecule has 4 N–H and O–H groups in total. The zero-order chi connectivity index (χ0) is 15.6. The van der Waals surface area contributed by atoms with Crippen molar-refractivity contribution in [1.29, 1.82) is 0 Å². The van der Waals surface area contributed by atoms with E-state index in [4.69, 9.17) is 31.2 Å². The number of benzene rings is 1. The standard InChI is InChI=1S/C12H13BClN2O5/c1-7-10(12(17)15-6-13(18,19)20)11(16-21-7)8-4-2-3-5-9(8)14/h2-5,18-20H,6H2,1H3,(H,15,17)/q-1. The van der Waals surface area contributed by atoms with Gasteiger partial charge < -0.3 is 24.9 Å². The van der Waals surface area contributed by atoms with Crippen LogP contribution in [0.5, 0.6) is 0 Å². The molecule has 1 amide bonds. The van der Waals surface area contributed by atoms with Crippen LogP contribution in [0.25, 0.3) is 11.3 Å². The number of carbonyl (C=O) groups is 1. The second-order valence-electron chi connectivity index (χ2n) is 4.55. The van der Waals surface area contributed by atoms with Gasteiger partial charge in [0.15, 0.2) is 0 Å². The van der Waals surface area contributed by atoms with Gasteiger partial charge in [-0.2, -0.15) is 0 Å². The summed E-state index contributed by atoms with van der Waals surface area (Å²) in [5.74, 6) is -0.415. The molecule has 9 heteroatoms. The maximum absolute atomic E-state index is 12.1. The first-order valence-corrected chi connectivity index (χ1v) is 6.50. The van der Waals surface area contributed by atoms with E-state index >= 15 is 0 Å². The minimum atomic E-state index is -3.61. The third-order valence-electron chi connectivity index (χ3n) is 2.76. The zero-order valence-electron chi connectivity index (χ0n) is 11.1. The molecule has 21 heavy (non-hydrogen) atoms. The Bertz CT molecular complexity index is 668. The van der Waals surface area contributed by atoms with E-state index in [-0.39, 0.29) is 17.0 Å². The van der Waals surface area contributed by atoms with Crippen LogP contribution < -0.4 is 5.32 Å². The molecule has 0 radical (unpaired) electrons. The van der Waals surface area contributed by atoms with Crippen molar-refractivity contribution in [3.05, 3.63) is 40.6 Å². The van der Waals surface area contributed by atoms with Gasteiger partial charge in [-0.15, -0.1) is 0 Å². The normalized spacial score (nSPS) is 11.5. The highest BCUT2D eigenvalue weighted by Gasteiger charge is 2.24. The lowest BCUT2D eigenvalue weighted by molar-refractivity contribution is 0.0946. The van der Waals surface area contributed by atoms with E-state index in [1.807, 2.05) is 0 Å². The molecule has 0 fully saturated rings. The van der Waals surface area contributed by atoms with Crippen LogP contribution in [0.3, 0.4) is 0 Å². The van der Waals surface area contributed by atoms with Gasteiger partial charge in [0.1, 0.15) is 17.0 Å². The maximum atomic E-state index is 12.1. The number of carbonyl (C=O) groups excluding carboxylic acids is 1. The summed E-state index contributed by atoms with van der Waals surface area (Å²) in [5.41, 5.74) is 0.862. The van der Waals surface area contributed by atoms with Gasteiger partial charge in [-0.25, -0.2) is 0 Å². The second kappa shape index (κ2) is 5.86. The summed E-state index contributed by atoms with van der Waals surface area (Å²) in [4.78, 5) is 12.1. The molecule has 2 aromatic rings. The first kappa shape index (κ1) is 15.5. The number of aryl methyl sites for hydroxylation is 1. The van der Waals surface area contributed by atoms with E-state index in [1.165, 1.54) is 6.92 Å². The van der Waals surface area contributed by atoms with E-state index in [0.29, 0.717) is 10.6 Å². The molecule has 2 rings (SSSR count). The quantitative estimate of drug-likeness (QED) is 0.611. The van der Waals surface area contributed by atoms with E-state index in [1.54, 1.807) is 24.3 Å². The van der Waals surface area contributed by atoms with Crippen LogP contribution in [-0.2, 0) is 0 Å². The van der Waals surface area contributed by atoms with Crippen molar-refractivity contribution in [2.45, 2.75) is 6.92 Å². The fraction of sp³-hybridized carbons (Fsp3) is 0.167. The van der Waals surface area contributed by atoms with E-state index in [2.05, 4.69) is 10.5 Å². The summed E-state index contributed by atoms with van der Waals surface area (Å²) in [7, 11) is 0. The molecule has 0 saturated carbocycles.